The van der Waals surface area contributed by atoms with Gasteiger partial charge in [-0.25, -0.2) is 4.79 Å². The van der Waals surface area contributed by atoms with E-state index in [1.54, 1.807) is 17.4 Å². The molecule has 0 saturated carbocycles. The third-order valence-corrected chi connectivity index (χ3v) is 4.82. The van der Waals surface area contributed by atoms with E-state index in [-0.39, 0.29) is 0 Å². The maximum atomic E-state index is 10.5. The molecule has 1 aliphatic rings. The molecular weight excluding hydrogens is 258 g/mol. The molecule has 1 saturated heterocycles. The summed E-state index contributed by atoms with van der Waals surface area (Å²) in [7, 11) is 0. The van der Waals surface area contributed by atoms with Crippen LogP contribution in [0, 0.1) is 0 Å². The third-order valence-electron chi connectivity index (χ3n) is 3.79. The summed E-state index contributed by atoms with van der Waals surface area (Å²) in [5.74, 6) is -0.895. The average molecular weight is 279 g/mol. The van der Waals surface area contributed by atoms with Gasteiger partial charge in [0.15, 0.2) is 0 Å². The summed E-state index contributed by atoms with van der Waals surface area (Å²) in [4.78, 5) is 15.4. The van der Waals surface area contributed by atoms with Crippen LogP contribution in [0.4, 0.5) is 0 Å². The summed E-state index contributed by atoms with van der Waals surface area (Å²) >= 11 is 1.68. The van der Waals surface area contributed by atoms with Crippen LogP contribution in [0.2, 0.25) is 0 Å². The van der Waals surface area contributed by atoms with Crippen LogP contribution in [0.3, 0.4) is 0 Å². The fourth-order valence-electron chi connectivity index (χ4n) is 2.69. The minimum absolute atomic E-state index is 0.642. The molecule has 1 fully saturated rings. The van der Waals surface area contributed by atoms with E-state index in [2.05, 4.69) is 24.8 Å². The molecule has 0 spiro atoms. The molecule has 0 bridgehead atoms. The molecule has 1 aliphatic heterocycles. The first kappa shape index (κ1) is 14.3. The van der Waals surface area contributed by atoms with Crippen LogP contribution in [0.15, 0.2) is 18.2 Å². The lowest BCUT2D eigenvalue weighted by atomic mass is 9.97. The highest BCUT2D eigenvalue weighted by Crippen LogP contribution is 2.27. The van der Waals surface area contributed by atoms with Crippen LogP contribution < -0.4 is 0 Å². The minimum Gasteiger partial charge on any atom is -0.478 e. The zero-order valence-corrected chi connectivity index (χ0v) is 12.3. The number of nitrogens with zero attached hydrogens (tertiary/aromatic N) is 1. The fraction of sp³-hybridized carbons (Fsp3) is 0.533. The molecule has 0 aliphatic carbocycles. The Hall–Kier alpha value is -1.13. The van der Waals surface area contributed by atoms with Gasteiger partial charge in [-0.2, -0.15) is 0 Å². The van der Waals surface area contributed by atoms with Gasteiger partial charge in [-0.05, 0) is 44.9 Å². The van der Waals surface area contributed by atoms with Gasteiger partial charge in [0.25, 0.3) is 0 Å². The highest BCUT2D eigenvalue weighted by Gasteiger charge is 2.24. The maximum Gasteiger partial charge on any atom is 0.328 e. The summed E-state index contributed by atoms with van der Waals surface area (Å²) in [6, 6.07) is 5.40. The lowest BCUT2D eigenvalue weighted by molar-refractivity contribution is -0.131. The second-order valence-corrected chi connectivity index (χ2v) is 6.48. The molecule has 0 aromatic carbocycles. The monoisotopic (exact) mass is 279 g/mol. The Morgan fingerprint density at radius 2 is 2.11 bits per heavy atom. The SMILES string of the molecule is CC1CCCC(C)N1Cc1ccc(C=CC(=O)O)s1. The highest BCUT2D eigenvalue weighted by atomic mass is 32.1. The maximum absolute atomic E-state index is 10.5. The van der Waals surface area contributed by atoms with Crippen LogP contribution >= 0.6 is 11.3 Å². The van der Waals surface area contributed by atoms with E-state index in [4.69, 9.17) is 5.11 Å². The molecule has 2 atom stereocenters. The molecular formula is C15H21NO2S. The molecule has 1 aromatic heterocycles. The first-order chi connectivity index (χ1) is 9.06. The van der Waals surface area contributed by atoms with E-state index >= 15 is 0 Å². The fourth-order valence-corrected chi connectivity index (χ4v) is 3.61. The van der Waals surface area contributed by atoms with Gasteiger partial charge in [0.05, 0.1) is 0 Å². The summed E-state index contributed by atoms with van der Waals surface area (Å²) in [6.07, 6.45) is 6.75. The van der Waals surface area contributed by atoms with E-state index < -0.39 is 5.97 Å². The Balaban J connectivity index is 2.01. The number of likely N-dealkylation sites (tertiary alicyclic amines) is 1. The number of piperidine rings is 1. The van der Waals surface area contributed by atoms with E-state index in [1.165, 1.54) is 30.2 Å². The summed E-state index contributed by atoms with van der Waals surface area (Å²) in [6.45, 7) is 5.58. The molecule has 1 aromatic rings. The van der Waals surface area contributed by atoms with Crippen LogP contribution in [-0.2, 0) is 11.3 Å². The molecule has 104 valence electrons. The van der Waals surface area contributed by atoms with Crippen molar-refractivity contribution in [2.75, 3.05) is 0 Å². The van der Waals surface area contributed by atoms with Crippen molar-refractivity contribution in [3.05, 3.63) is 28.0 Å². The first-order valence-corrected chi connectivity index (χ1v) is 7.63. The Labute approximate surface area is 118 Å². The van der Waals surface area contributed by atoms with Gasteiger partial charge in [-0.15, -0.1) is 11.3 Å². The normalized spacial score (nSPS) is 24.9. The topological polar surface area (TPSA) is 40.5 Å². The van der Waals surface area contributed by atoms with Gasteiger partial charge in [-0.3, -0.25) is 4.90 Å². The summed E-state index contributed by atoms with van der Waals surface area (Å²) < 4.78 is 0. The van der Waals surface area contributed by atoms with Crippen LogP contribution in [0.1, 0.15) is 42.9 Å². The largest absolute Gasteiger partial charge is 0.478 e. The predicted octanol–water partition coefficient (Wildman–Crippen LogP) is 3.61. The summed E-state index contributed by atoms with van der Waals surface area (Å²) in [5.41, 5.74) is 0. The van der Waals surface area contributed by atoms with Crippen LogP contribution in [-0.4, -0.2) is 28.1 Å². The Morgan fingerprint density at radius 1 is 1.42 bits per heavy atom. The highest BCUT2D eigenvalue weighted by molar-refractivity contribution is 7.12. The predicted molar refractivity (Wildman–Crippen MR) is 79.3 cm³/mol. The van der Waals surface area contributed by atoms with Crippen molar-refractivity contribution in [2.45, 2.75) is 51.7 Å². The number of thiophene rings is 1. The standard InChI is InChI=1S/C15H21NO2S/c1-11-4-3-5-12(2)16(11)10-14-7-6-13(19-14)8-9-15(17)18/h6-9,11-12H,3-5,10H2,1-2H3,(H,17,18). The quantitative estimate of drug-likeness (QED) is 0.856. The number of carboxylic acids is 1. The van der Waals surface area contributed by atoms with Crippen LogP contribution in [0.5, 0.6) is 0 Å². The third kappa shape index (κ3) is 3.91. The molecule has 2 rings (SSSR count). The Bertz CT molecular complexity index is 456. The number of carboxylic acid groups (broad SMARTS) is 1. The average Bonchev–Trinajstić information content (AvgIpc) is 2.79. The van der Waals surface area contributed by atoms with E-state index in [9.17, 15) is 4.79 Å². The lowest BCUT2D eigenvalue weighted by Gasteiger charge is -2.38. The van der Waals surface area contributed by atoms with E-state index in [0.717, 1.165) is 11.4 Å². The number of hydrogen-bond acceptors (Lipinski definition) is 3. The molecule has 1 N–H and O–H groups in total. The van der Waals surface area contributed by atoms with E-state index in [1.807, 2.05) is 6.07 Å². The van der Waals surface area contributed by atoms with Crippen molar-refractivity contribution in [3.8, 4) is 0 Å². The van der Waals surface area contributed by atoms with Crippen molar-refractivity contribution in [3.63, 3.8) is 0 Å². The van der Waals surface area contributed by atoms with Crippen LogP contribution in [0.25, 0.3) is 6.08 Å². The molecule has 19 heavy (non-hydrogen) atoms. The lowest BCUT2D eigenvalue weighted by Crippen LogP contribution is -2.42. The molecule has 2 heterocycles. The summed E-state index contributed by atoms with van der Waals surface area (Å²) in [5, 5.41) is 8.62. The number of rotatable bonds is 4. The number of carbonyl (C=O) groups is 1. The second-order valence-electron chi connectivity index (χ2n) is 5.28. The Kier molecular flexibility index (Phi) is 4.77. The van der Waals surface area contributed by atoms with Gasteiger partial charge in [0.2, 0.25) is 0 Å². The van der Waals surface area contributed by atoms with Gasteiger partial charge in [0.1, 0.15) is 0 Å². The molecule has 3 nitrogen and oxygen atoms in total. The number of hydrogen-bond donors (Lipinski definition) is 1. The molecule has 2 unspecified atom stereocenters. The molecule has 0 amide bonds. The van der Waals surface area contributed by atoms with Crippen molar-refractivity contribution in [1.82, 2.24) is 4.90 Å². The van der Waals surface area contributed by atoms with Gasteiger partial charge in [0, 0.05) is 34.5 Å². The Morgan fingerprint density at radius 3 is 2.74 bits per heavy atom. The number of aliphatic carboxylic acids is 1. The minimum atomic E-state index is -0.895. The smallest absolute Gasteiger partial charge is 0.328 e. The van der Waals surface area contributed by atoms with Crippen molar-refractivity contribution in [1.29, 1.82) is 0 Å². The van der Waals surface area contributed by atoms with Crippen molar-refractivity contribution < 1.29 is 9.90 Å². The molecule has 4 heteroatoms. The first-order valence-electron chi connectivity index (χ1n) is 6.81. The van der Waals surface area contributed by atoms with Gasteiger partial charge >= 0.3 is 5.97 Å². The second kappa shape index (κ2) is 6.35. The van der Waals surface area contributed by atoms with Crippen molar-refractivity contribution in [2.24, 2.45) is 0 Å². The van der Waals surface area contributed by atoms with Crippen molar-refractivity contribution >= 4 is 23.4 Å². The van der Waals surface area contributed by atoms with Gasteiger partial charge in [-0.1, -0.05) is 6.42 Å². The van der Waals surface area contributed by atoms with E-state index in [0.29, 0.717) is 12.1 Å². The van der Waals surface area contributed by atoms with Gasteiger partial charge < -0.3 is 5.11 Å². The molecule has 0 radical (unpaired) electrons. The zero-order chi connectivity index (χ0) is 13.8. The zero-order valence-electron chi connectivity index (χ0n) is 11.5.